The van der Waals surface area contributed by atoms with Crippen LogP contribution >= 0.6 is 0 Å². The fourth-order valence-electron chi connectivity index (χ4n) is 3.05. The number of hydrogen-bond donors (Lipinski definition) is 1. The Balaban J connectivity index is 1.74. The zero-order valence-electron chi connectivity index (χ0n) is 13.1. The highest BCUT2D eigenvalue weighted by molar-refractivity contribution is 5.36. The number of likely N-dealkylation sites (N-methyl/N-ethyl adjacent to an activating group) is 1. The summed E-state index contributed by atoms with van der Waals surface area (Å²) in [7, 11) is 3.99. The van der Waals surface area contributed by atoms with Gasteiger partial charge in [0.15, 0.2) is 0 Å². The van der Waals surface area contributed by atoms with Gasteiger partial charge in [-0.05, 0) is 32.9 Å². The maximum atomic E-state index is 5.41. The predicted molar refractivity (Wildman–Crippen MR) is 84.3 cm³/mol. The number of nitrogens with zero attached hydrogens (tertiary/aromatic N) is 1. The zero-order chi connectivity index (χ0) is 14.4. The van der Waals surface area contributed by atoms with Gasteiger partial charge in [0, 0.05) is 31.2 Å². The summed E-state index contributed by atoms with van der Waals surface area (Å²) in [6.45, 7) is 5.16. The summed E-state index contributed by atoms with van der Waals surface area (Å²) in [5.41, 5.74) is 2.53. The van der Waals surface area contributed by atoms with Crippen molar-refractivity contribution in [3.63, 3.8) is 0 Å². The fraction of sp³-hybridized carbons (Fsp3) is 0.647. The maximum absolute atomic E-state index is 5.41. The van der Waals surface area contributed by atoms with Crippen molar-refractivity contribution in [3.8, 4) is 5.75 Å². The molecule has 20 heavy (non-hydrogen) atoms. The number of nitrogens with one attached hydrogen (secondary N) is 1. The second kappa shape index (κ2) is 7.65. The molecule has 0 heterocycles. The molecule has 0 saturated heterocycles. The molecule has 1 fully saturated rings. The smallest absolute Gasteiger partial charge is 0.123 e. The lowest BCUT2D eigenvalue weighted by molar-refractivity contribution is 0.245. The standard InChI is InChI=1S/C17H28N2O/c1-14-8-9-17(20-3)15(12-14)13-18-10-11-19(2)16-6-4-5-7-16/h8-9,12,16,18H,4-7,10-11,13H2,1-3H3. The molecule has 1 N–H and O–H groups in total. The molecule has 0 spiro atoms. The summed E-state index contributed by atoms with van der Waals surface area (Å²) in [6, 6.07) is 7.16. The van der Waals surface area contributed by atoms with Crippen LogP contribution in [0.1, 0.15) is 36.8 Å². The van der Waals surface area contributed by atoms with Crippen LogP contribution in [0.15, 0.2) is 18.2 Å². The monoisotopic (exact) mass is 276 g/mol. The van der Waals surface area contributed by atoms with Gasteiger partial charge in [0.1, 0.15) is 5.75 Å². The first-order valence-corrected chi connectivity index (χ1v) is 7.75. The van der Waals surface area contributed by atoms with E-state index in [2.05, 4.69) is 42.4 Å². The highest BCUT2D eigenvalue weighted by Crippen LogP contribution is 2.22. The topological polar surface area (TPSA) is 24.5 Å². The largest absolute Gasteiger partial charge is 0.496 e. The van der Waals surface area contributed by atoms with Crippen LogP contribution in [0, 0.1) is 6.92 Å². The molecule has 0 unspecified atom stereocenters. The Hall–Kier alpha value is -1.06. The molecule has 1 aromatic rings. The SMILES string of the molecule is COc1ccc(C)cc1CNCCN(C)C1CCCC1. The van der Waals surface area contributed by atoms with Gasteiger partial charge in [0.25, 0.3) is 0 Å². The van der Waals surface area contributed by atoms with E-state index in [9.17, 15) is 0 Å². The third-order valence-electron chi connectivity index (χ3n) is 4.34. The Bertz CT molecular complexity index is 413. The van der Waals surface area contributed by atoms with Gasteiger partial charge in [-0.25, -0.2) is 0 Å². The van der Waals surface area contributed by atoms with Crippen molar-refractivity contribution in [2.45, 2.75) is 45.2 Å². The van der Waals surface area contributed by atoms with E-state index in [1.165, 1.54) is 36.8 Å². The van der Waals surface area contributed by atoms with Crippen molar-refractivity contribution in [1.82, 2.24) is 10.2 Å². The molecule has 0 radical (unpaired) electrons. The van der Waals surface area contributed by atoms with E-state index in [4.69, 9.17) is 4.74 Å². The Labute approximate surface area is 123 Å². The highest BCUT2D eigenvalue weighted by atomic mass is 16.5. The van der Waals surface area contributed by atoms with E-state index in [1.807, 2.05) is 0 Å². The Kier molecular flexibility index (Phi) is 5.86. The lowest BCUT2D eigenvalue weighted by atomic mass is 10.1. The molecule has 1 saturated carbocycles. The minimum absolute atomic E-state index is 0.810. The van der Waals surface area contributed by atoms with Gasteiger partial charge in [0.2, 0.25) is 0 Å². The van der Waals surface area contributed by atoms with Crippen LogP contribution in [0.2, 0.25) is 0 Å². The van der Waals surface area contributed by atoms with Crippen molar-refractivity contribution in [2.75, 3.05) is 27.2 Å². The molecule has 0 aliphatic heterocycles. The quantitative estimate of drug-likeness (QED) is 0.775. The van der Waals surface area contributed by atoms with Gasteiger partial charge in [-0.1, -0.05) is 30.5 Å². The van der Waals surface area contributed by atoms with Crippen LogP contribution in [-0.4, -0.2) is 38.2 Å². The predicted octanol–water partition coefficient (Wildman–Crippen LogP) is 2.97. The van der Waals surface area contributed by atoms with E-state index >= 15 is 0 Å². The third-order valence-corrected chi connectivity index (χ3v) is 4.34. The zero-order valence-corrected chi connectivity index (χ0v) is 13.1. The molecule has 0 bridgehead atoms. The van der Waals surface area contributed by atoms with Crippen LogP contribution < -0.4 is 10.1 Å². The van der Waals surface area contributed by atoms with E-state index < -0.39 is 0 Å². The third kappa shape index (κ3) is 4.22. The summed E-state index contributed by atoms with van der Waals surface area (Å²) < 4.78 is 5.41. The van der Waals surface area contributed by atoms with Crippen molar-refractivity contribution < 1.29 is 4.74 Å². The van der Waals surface area contributed by atoms with E-state index in [0.29, 0.717) is 0 Å². The Morgan fingerprint density at radius 3 is 2.75 bits per heavy atom. The molecule has 0 amide bonds. The van der Waals surface area contributed by atoms with Gasteiger partial charge in [-0.15, -0.1) is 0 Å². The van der Waals surface area contributed by atoms with Gasteiger partial charge in [-0.2, -0.15) is 0 Å². The molecule has 1 aliphatic rings. The highest BCUT2D eigenvalue weighted by Gasteiger charge is 2.18. The van der Waals surface area contributed by atoms with Crippen LogP contribution in [0.3, 0.4) is 0 Å². The second-order valence-electron chi connectivity index (χ2n) is 5.91. The summed E-state index contributed by atoms with van der Waals surface area (Å²) >= 11 is 0. The van der Waals surface area contributed by atoms with E-state index in [1.54, 1.807) is 7.11 Å². The van der Waals surface area contributed by atoms with Gasteiger partial charge < -0.3 is 15.0 Å². The van der Waals surface area contributed by atoms with E-state index in [0.717, 1.165) is 31.4 Å². The van der Waals surface area contributed by atoms with Crippen LogP contribution in [0.4, 0.5) is 0 Å². The van der Waals surface area contributed by atoms with Gasteiger partial charge in [-0.3, -0.25) is 0 Å². The minimum Gasteiger partial charge on any atom is -0.496 e. The first kappa shape index (κ1) is 15.3. The van der Waals surface area contributed by atoms with Gasteiger partial charge in [0.05, 0.1) is 7.11 Å². The lowest BCUT2D eigenvalue weighted by Gasteiger charge is -2.24. The van der Waals surface area contributed by atoms with Crippen LogP contribution in [0.5, 0.6) is 5.75 Å². The van der Waals surface area contributed by atoms with E-state index in [-0.39, 0.29) is 0 Å². The molecular formula is C17H28N2O. The molecule has 1 aromatic carbocycles. The Morgan fingerprint density at radius 1 is 1.30 bits per heavy atom. The van der Waals surface area contributed by atoms with Crippen molar-refractivity contribution in [2.24, 2.45) is 0 Å². The fourth-order valence-corrected chi connectivity index (χ4v) is 3.05. The Morgan fingerprint density at radius 2 is 2.05 bits per heavy atom. The number of ether oxygens (including phenoxy) is 1. The first-order valence-electron chi connectivity index (χ1n) is 7.75. The molecule has 2 rings (SSSR count). The van der Waals surface area contributed by atoms with Gasteiger partial charge >= 0.3 is 0 Å². The molecule has 1 aliphatic carbocycles. The average Bonchev–Trinajstić information content (AvgIpc) is 2.98. The second-order valence-corrected chi connectivity index (χ2v) is 5.91. The van der Waals surface area contributed by atoms with Crippen LogP contribution in [-0.2, 0) is 6.54 Å². The molecule has 3 nitrogen and oxygen atoms in total. The number of rotatable bonds is 7. The minimum atomic E-state index is 0.810. The molecule has 0 atom stereocenters. The molecule has 112 valence electrons. The van der Waals surface area contributed by atoms with Crippen molar-refractivity contribution in [1.29, 1.82) is 0 Å². The number of benzene rings is 1. The van der Waals surface area contributed by atoms with Crippen molar-refractivity contribution in [3.05, 3.63) is 29.3 Å². The number of aryl methyl sites for hydroxylation is 1. The summed E-state index contributed by atoms with van der Waals surface area (Å²) in [4.78, 5) is 2.51. The first-order chi connectivity index (χ1) is 9.70. The molecule has 3 heteroatoms. The van der Waals surface area contributed by atoms with Crippen molar-refractivity contribution >= 4 is 0 Å². The summed E-state index contributed by atoms with van der Waals surface area (Å²) in [5.74, 6) is 0.979. The molecular weight excluding hydrogens is 248 g/mol. The average molecular weight is 276 g/mol. The number of methoxy groups -OCH3 is 1. The lowest BCUT2D eigenvalue weighted by Crippen LogP contribution is -2.35. The van der Waals surface area contributed by atoms with Crippen LogP contribution in [0.25, 0.3) is 0 Å². The normalized spacial score (nSPS) is 16.0. The number of hydrogen-bond acceptors (Lipinski definition) is 3. The molecule has 0 aromatic heterocycles. The summed E-state index contributed by atoms with van der Waals surface area (Å²) in [6.07, 6.45) is 5.57. The maximum Gasteiger partial charge on any atom is 0.123 e. The summed E-state index contributed by atoms with van der Waals surface area (Å²) in [5, 5.41) is 3.54.